The lowest BCUT2D eigenvalue weighted by Crippen LogP contribution is -1.99. The number of nitrogens with zero attached hydrogens (tertiary/aromatic N) is 3. The fourth-order valence-electron chi connectivity index (χ4n) is 3.19. The maximum absolute atomic E-state index is 4.82. The van der Waals surface area contributed by atoms with E-state index < -0.39 is 0 Å². The Kier molecular flexibility index (Phi) is 3.10. The number of rotatable bonds is 2. The van der Waals surface area contributed by atoms with Crippen molar-refractivity contribution < 1.29 is 0 Å². The molecule has 5 aromatic rings. The van der Waals surface area contributed by atoms with Crippen LogP contribution in [0.4, 0.5) is 0 Å². The van der Waals surface area contributed by atoms with Crippen molar-refractivity contribution >= 4 is 21.8 Å². The van der Waals surface area contributed by atoms with E-state index in [1.165, 1.54) is 0 Å². The molecule has 0 fully saturated rings. The average Bonchev–Trinajstić information content (AvgIpc) is 3.17. The second-order valence-corrected chi connectivity index (χ2v) is 6.01. The van der Waals surface area contributed by atoms with E-state index in [1.807, 2.05) is 54.7 Å². The van der Waals surface area contributed by atoms with Gasteiger partial charge in [0.25, 0.3) is 0 Å². The smallest absolute Gasteiger partial charge is 0.137 e. The number of hydrogen-bond donors (Lipinski definition) is 0. The van der Waals surface area contributed by atoms with Crippen LogP contribution in [0.3, 0.4) is 0 Å². The molecule has 3 heterocycles. The molecule has 3 aromatic heterocycles. The second-order valence-electron chi connectivity index (χ2n) is 6.01. The molecule has 0 aliphatic heterocycles. The predicted octanol–water partition coefficient (Wildman–Crippen LogP) is 5.24. The van der Waals surface area contributed by atoms with E-state index in [1.54, 1.807) is 0 Å². The van der Waals surface area contributed by atoms with E-state index in [4.69, 9.17) is 9.97 Å². The van der Waals surface area contributed by atoms with E-state index >= 15 is 0 Å². The second kappa shape index (κ2) is 5.56. The molecule has 0 unspecified atom stereocenters. The fourth-order valence-corrected chi connectivity index (χ4v) is 3.19. The van der Waals surface area contributed by atoms with Gasteiger partial charge in [-0.15, -0.1) is 0 Å². The molecule has 0 radical (unpaired) electrons. The van der Waals surface area contributed by atoms with E-state index in [0.29, 0.717) is 0 Å². The molecule has 0 aliphatic rings. The summed E-state index contributed by atoms with van der Waals surface area (Å²) in [6.45, 7) is 0. The van der Waals surface area contributed by atoms with Gasteiger partial charge in [-0.25, -0.2) is 9.97 Å². The third-order valence-corrected chi connectivity index (χ3v) is 4.44. The fraction of sp³-hybridized carbons (Fsp3) is 0. The maximum Gasteiger partial charge on any atom is 0.137 e. The summed E-state index contributed by atoms with van der Waals surface area (Å²) in [4.78, 5) is 9.62. The highest BCUT2D eigenvalue weighted by atomic mass is 15.1. The minimum absolute atomic E-state index is 0.897. The van der Waals surface area contributed by atoms with Gasteiger partial charge in [0.2, 0.25) is 0 Å². The van der Waals surface area contributed by atoms with Crippen LogP contribution in [0.25, 0.3) is 39.0 Å². The van der Waals surface area contributed by atoms with E-state index in [-0.39, 0.29) is 0 Å². The molecule has 3 heteroatoms. The number of aromatic nitrogens is 3. The van der Waals surface area contributed by atoms with Crippen molar-refractivity contribution in [3.63, 3.8) is 0 Å². The van der Waals surface area contributed by atoms with Crippen LogP contribution in [0.15, 0.2) is 91.1 Å². The summed E-state index contributed by atoms with van der Waals surface area (Å²) in [5.74, 6) is 0.897. The molecule has 25 heavy (non-hydrogen) atoms. The Bertz CT molecular complexity index is 1110. The molecule has 3 nitrogen and oxygen atoms in total. The van der Waals surface area contributed by atoms with Crippen molar-refractivity contribution in [3.8, 4) is 17.2 Å². The molecule has 0 saturated heterocycles. The standard InChI is InChI=1S/C22H15N3/c1-3-8-18-16(6-1)11-13-20(23-18)21-10-5-15-25(21)22-14-12-17-7-2-4-9-19(17)24-22/h1-15H. The van der Waals surface area contributed by atoms with Crippen LogP contribution >= 0.6 is 0 Å². The highest BCUT2D eigenvalue weighted by molar-refractivity contribution is 5.82. The summed E-state index contributed by atoms with van der Waals surface area (Å²) in [6, 6.07) is 28.8. The van der Waals surface area contributed by atoms with Gasteiger partial charge in [0.15, 0.2) is 0 Å². The lowest BCUT2D eigenvalue weighted by Gasteiger charge is -2.10. The number of pyridine rings is 2. The lowest BCUT2D eigenvalue weighted by molar-refractivity contribution is 1.02. The topological polar surface area (TPSA) is 30.7 Å². The molecule has 5 rings (SSSR count). The predicted molar refractivity (Wildman–Crippen MR) is 102 cm³/mol. The van der Waals surface area contributed by atoms with Crippen LogP contribution in [0.2, 0.25) is 0 Å². The number of fused-ring (bicyclic) bond motifs is 2. The Hall–Kier alpha value is -3.46. The summed E-state index contributed by atoms with van der Waals surface area (Å²) in [5, 5.41) is 2.29. The lowest BCUT2D eigenvalue weighted by atomic mass is 10.2. The van der Waals surface area contributed by atoms with Gasteiger partial charge in [-0.3, -0.25) is 4.57 Å². The summed E-state index contributed by atoms with van der Waals surface area (Å²) in [6.07, 6.45) is 2.03. The normalized spacial score (nSPS) is 11.2. The molecule has 118 valence electrons. The quantitative estimate of drug-likeness (QED) is 0.445. The monoisotopic (exact) mass is 321 g/mol. The van der Waals surface area contributed by atoms with Gasteiger partial charge in [0.1, 0.15) is 5.82 Å². The first-order valence-corrected chi connectivity index (χ1v) is 8.28. The van der Waals surface area contributed by atoms with Gasteiger partial charge in [-0.2, -0.15) is 0 Å². The molecule has 0 saturated carbocycles. The van der Waals surface area contributed by atoms with Gasteiger partial charge in [-0.1, -0.05) is 42.5 Å². The first-order chi connectivity index (χ1) is 12.4. The van der Waals surface area contributed by atoms with Gasteiger partial charge in [-0.05, 0) is 42.5 Å². The molecule has 0 spiro atoms. The van der Waals surface area contributed by atoms with Gasteiger partial charge >= 0.3 is 0 Å². The van der Waals surface area contributed by atoms with Crippen molar-refractivity contribution in [1.82, 2.24) is 14.5 Å². The Balaban J connectivity index is 1.67. The van der Waals surface area contributed by atoms with Gasteiger partial charge < -0.3 is 0 Å². The number of benzene rings is 2. The van der Waals surface area contributed by atoms with Crippen molar-refractivity contribution in [2.75, 3.05) is 0 Å². The van der Waals surface area contributed by atoms with Crippen molar-refractivity contribution in [2.45, 2.75) is 0 Å². The summed E-state index contributed by atoms with van der Waals surface area (Å²) >= 11 is 0. The highest BCUT2D eigenvalue weighted by Gasteiger charge is 2.09. The van der Waals surface area contributed by atoms with Crippen LogP contribution in [0.1, 0.15) is 0 Å². The molecule has 2 aromatic carbocycles. The Morgan fingerprint density at radius 1 is 0.560 bits per heavy atom. The number of para-hydroxylation sites is 2. The molecular formula is C22H15N3. The Morgan fingerprint density at radius 3 is 2.04 bits per heavy atom. The van der Waals surface area contributed by atoms with Crippen molar-refractivity contribution in [2.24, 2.45) is 0 Å². The molecule has 0 amide bonds. The first-order valence-electron chi connectivity index (χ1n) is 8.28. The van der Waals surface area contributed by atoms with Crippen LogP contribution in [0.5, 0.6) is 0 Å². The van der Waals surface area contributed by atoms with E-state index in [2.05, 4.69) is 41.0 Å². The zero-order valence-corrected chi connectivity index (χ0v) is 13.5. The van der Waals surface area contributed by atoms with Crippen LogP contribution in [0, 0.1) is 0 Å². The first kappa shape index (κ1) is 13.9. The Morgan fingerprint density at radius 2 is 1.24 bits per heavy atom. The van der Waals surface area contributed by atoms with Crippen molar-refractivity contribution in [3.05, 3.63) is 91.1 Å². The third kappa shape index (κ3) is 2.37. The van der Waals surface area contributed by atoms with Crippen molar-refractivity contribution in [1.29, 1.82) is 0 Å². The zero-order valence-electron chi connectivity index (χ0n) is 13.5. The highest BCUT2D eigenvalue weighted by Crippen LogP contribution is 2.25. The zero-order chi connectivity index (χ0) is 16.6. The molecular weight excluding hydrogens is 306 g/mol. The average molecular weight is 321 g/mol. The largest absolute Gasteiger partial charge is 0.300 e. The third-order valence-electron chi connectivity index (χ3n) is 4.44. The molecule has 0 aliphatic carbocycles. The minimum Gasteiger partial charge on any atom is -0.300 e. The molecule has 0 bridgehead atoms. The van der Waals surface area contributed by atoms with E-state index in [0.717, 1.165) is 39.0 Å². The van der Waals surface area contributed by atoms with Crippen LogP contribution < -0.4 is 0 Å². The molecule has 0 N–H and O–H groups in total. The maximum atomic E-state index is 4.82. The summed E-state index contributed by atoms with van der Waals surface area (Å²) in [7, 11) is 0. The van der Waals surface area contributed by atoms with Gasteiger partial charge in [0.05, 0.1) is 22.4 Å². The van der Waals surface area contributed by atoms with Crippen LogP contribution in [-0.2, 0) is 0 Å². The van der Waals surface area contributed by atoms with Crippen LogP contribution in [-0.4, -0.2) is 14.5 Å². The van der Waals surface area contributed by atoms with E-state index in [9.17, 15) is 0 Å². The van der Waals surface area contributed by atoms with Gasteiger partial charge in [0, 0.05) is 17.0 Å². The summed E-state index contributed by atoms with van der Waals surface area (Å²) < 4.78 is 2.09. The SMILES string of the molecule is c1ccc2nc(-c3cccn3-c3ccc4ccccc4n3)ccc2c1. The summed E-state index contributed by atoms with van der Waals surface area (Å²) in [5.41, 5.74) is 3.97. The molecule has 0 atom stereocenters. The minimum atomic E-state index is 0.897. The number of hydrogen-bond acceptors (Lipinski definition) is 2. The Labute approximate surface area is 145 Å².